The Kier molecular flexibility index (Phi) is 4.18. The highest BCUT2D eigenvalue weighted by Gasteiger charge is 2.21. The SMILES string of the molecule is Cc1ccc(OCOCC2CC2)c(CBr)n1. The Morgan fingerprint density at radius 2 is 2.25 bits per heavy atom. The van der Waals surface area contributed by atoms with Crippen LogP contribution in [0.1, 0.15) is 24.2 Å². The van der Waals surface area contributed by atoms with E-state index < -0.39 is 0 Å². The number of ether oxygens (including phenoxy) is 2. The van der Waals surface area contributed by atoms with Gasteiger partial charge in [0.1, 0.15) is 5.75 Å². The fourth-order valence-electron chi connectivity index (χ4n) is 1.43. The molecule has 1 aliphatic rings. The highest BCUT2D eigenvalue weighted by Crippen LogP contribution is 2.28. The summed E-state index contributed by atoms with van der Waals surface area (Å²) in [5.74, 6) is 1.58. The highest BCUT2D eigenvalue weighted by molar-refractivity contribution is 9.08. The Morgan fingerprint density at radius 1 is 1.44 bits per heavy atom. The predicted molar refractivity (Wildman–Crippen MR) is 65.8 cm³/mol. The Balaban J connectivity index is 1.82. The average Bonchev–Trinajstić information content (AvgIpc) is 3.09. The smallest absolute Gasteiger partial charge is 0.189 e. The molecule has 0 unspecified atom stereocenters. The first kappa shape index (κ1) is 11.9. The largest absolute Gasteiger partial charge is 0.466 e. The lowest BCUT2D eigenvalue weighted by Gasteiger charge is -2.10. The van der Waals surface area contributed by atoms with Gasteiger partial charge in [-0.3, -0.25) is 4.98 Å². The van der Waals surface area contributed by atoms with Crippen LogP contribution in [-0.2, 0) is 10.1 Å². The summed E-state index contributed by atoms with van der Waals surface area (Å²) in [5.41, 5.74) is 1.93. The van der Waals surface area contributed by atoms with Crippen LogP contribution >= 0.6 is 15.9 Å². The van der Waals surface area contributed by atoms with Gasteiger partial charge in [0, 0.05) is 11.0 Å². The van der Waals surface area contributed by atoms with Gasteiger partial charge >= 0.3 is 0 Å². The van der Waals surface area contributed by atoms with Crippen LogP contribution in [0.3, 0.4) is 0 Å². The van der Waals surface area contributed by atoms with Crippen molar-refractivity contribution in [2.75, 3.05) is 13.4 Å². The molecular formula is C12H16BrNO2. The van der Waals surface area contributed by atoms with E-state index in [1.807, 2.05) is 19.1 Å². The number of halogens is 1. The maximum absolute atomic E-state index is 5.55. The van der Waals surface area contributed by atoms with E-state index in [0.717, 1.165) is 29.7 Å². The van der Waals surface area contributed by atoms with Gasteiger partial charge in [0.25, 0.3) is 0 Å². The maximum Gasteiger partial charge on any atom is 0.189 e. The summed E-state index contributed by atoms with van der Waals surface area (Å²) in [6.07, 6.45) is 2.61. The van der Waals surface area contributed by atoms with E-state index >= 15 is 0 Å². The minimum absolute atomic E-state index is 0.321. The van der Waals surface area contributed by atoms with E-state index in [9.17, 15) is 0 Å². The zero-order valence-corrected chi connectivity index (χ0v) is 11.0. The molecule has 88 valence electrons. The number of nitrogens with zero attached hydrogens (tertiary/aromatic N) is 1. The molecule has 1 saturated carbocycles. The summed E-state index contributed by atoms with van der Waals surface area (Å²) in [6, 6.07) is 3.89. The molecule has 1 fully saturated rings. The van der Waals surface area contributed by atoms with Gasteiger partial charge in [-0.15, -0.1) is 0 Å². The summed E-state index contributed by atoms with van der Waals surface area (Å²) in [7, 11) is 0. The molecule has 0 atom stereocenters. The number of aryl methyl sites for hydroxylation is 1. The molecule has 0 bridgehead atoms. The second kappa shape index (κ2) is 5.64. The molecule has 0 aromatic carbocycles. The molecule has 16 heavy (non-hydrogen) atoms. The molecule has 0 saturated heterocycles. The molecule has 2 rings (SSSR count). The normalized spacial score (nSPS) is 15.1. The van der Waals surface area contributed by atoms with Gasteiger partial charge in [-0.2, -0.15) is 0 Å². The van der Waals surface area contributed by atoms with Crippen LogP contribution in [0.25, 0.3) is 0 Å². The van der Waals surface area contributed by atoms with E-state index in [4.69, 9.17) is 9.47 Å². The monoisotopic (exact) mass is 285 g/mol. The molecule has 3 nitrogen and oxygen atoms in total. The summed E-state index contributed by atoms with van der Waals surface area (Å²) >= 11 is 3.40. The van der Waals surface area contributed by atoms with Crippen LogP contribution in [0.4, 0.5) is 0 Å². The fraction of sp³-hybridized carbons (Fsp3) is 0.583. The predicted octanol–water partition coefficient (Wildman–Crippen LogP) is 3.05. The summed E-state index contributed by atoms with van der Waals surface area (Å²) in [4.78, 5) is 4.39. The minimum atomic E-state index is 0.321. The lowest BCUT2D eigenvalue weighted by Crippen LogP contribution is -2.07. The second-order valence-corrected chi connectivity index (χ2v) is 4.67. The molecule has 1 aromatic heterocycles. The number of aromatic nitrogens is 1. The number of hydrogen-bond donors (Lipinski definition) is 0. The average molecular weight is 286 g/mol. The van der Waals surface area contributed by atoms with Crippen LogP contribution in [0, 0.1) is 12.8 Å². The summed E-state index contributed by atoms with van der Waals surface area (Å²) in [6.45, 7) is 3.11. The summed E-state index contributed by atoms with van der Waals surface area (Å²) < 4.78 is 11.0. The molecule has 0 N–H and O–H groups in total. The van der Waals surface area contributed by atoms with Crippen molar-refractivity contribution in [1.82, 2.24) is 4.98 Å². The van der Waals surface area contributed by atoms with E-state index in [1.54, 1.807) is 0 Å². The van der Waals surface area contributed by atoms with Crippen molar-refractivity contribution in [3.05, 3.63) is 23.5 Å². The van der Waals surface area contributed by atoms with Crippen LogP contribution < -0.4 is 4.74 Å². The topological polar surface area (TPSA) is 31.4 Å². The third-order valence-electron chi connectivity index (χ3n) is 2.55. The summed E-state index contributed by atoms with van der Waals surface area (Å²) in [5, 5.41) is 0.701. The number of pyridine rings is 1. The van der Waals surface area contributed by atoms with Gasteiger partial charge in [-0.05, 0) is 37.8 Å². The van der Waals surface area contributed by atoms with Crippen LogP contribution in [0.5, 0.6) is 5.75 Å². The third kappa shape index (κ3) is 3.46. The third-order valence-corrected chi connectivity index (χ3v) is 3.08. The van der Waals surface area contributed by atoms with E-state index in [1.165, 1.54) is 12.8 Å². The number of hydrogen-bond acceptors (Lipinski definition) is 3. The first-order valence-electron chi connectivity index (χ1n) is 5.52. The van der Waals surface area contributed by atoms with E-state index in [-0.39, 0.29) is 0 Å². The fourth-order valence-corrected chi connectivity index (χ4v) is 1.83. The second-order valence-electron chi connectivity index (χ2n) is 4.11. The van der Waals surface area contributed by atoms with Crippen molar-refractivity contribution in [3.63, 3.8) is 0 Å². The zero-order valence-electron chi connectivity index (χ0n) is 9.41. The Morgan fingerprint density at radius 3 is 2.94 bits per heavy atom. The van der Waals surface area contributed by atoms with Crippen LogP contribution in [0.15, 0.2) is 12.1 Å². The van der Waals surface area contributed by atoms with Crippen molar-refractivity contribution in [1.29, 1.82) is 0 Å². The Labute approximate surface area is 104 Å². The maximum atomic E-state index is 5.55. The molecule has 0 aliphatic heterocycles. The van der Waals surface area contributed by atoms with Crippen molar-refractivity contribution in [2.24, 2.45) is 5.92 Å². The first-order chi connectivity index (χ1) is 7.79. The van der Waals surface area contributed by atoms with Gasteiger partial charge in [0.2, 0.25) is 0 Å². The molecule has 4 heteroatoms. The van der Waals surface area contributed by atoms with E-state index in [2.05, 4.69) is 20.9 Å². The van der Waals surface area contributed by atoms with Crippen molar-refractivity contribution in [3.8, 4) is 5.75 Å². The van der Waals surface area contributed by atoms with E-state index in [0.29, 0.717) is 12.1 Å². The van der Waals surface area contributed by atoms with Gasteiger partial charge < -0.3 is 9.47 Å². The van der Waals surface area contributed by atoms with Gasteiger partial charge in [-0.1, -0.05) is 15.9 Å². The van der Waals surface area contributed by atoms with Crippen molar-refractivity contribution >= 4 is 15.9 Å². The lowest BCUT2D eigenvalue weighted by atomic mass is 10.3. The standard InChI is InChI=1S/C12H16BrNO2/c1-9-2-5-12(11(6-13)14-9)16-8-15-7-10-3-4-10/h2,5,10H,3-4,6-8H2,1H3. The first-order valence-corrected chi connectivity index (χ1v) is 6.65. The molecule has 1 aliphatic carbocycles. The van der Waals surface area contributed by atoms with Crippen molar-refractivity contribution < 1.29 is 9.47 Å². The van der Waals surface area contributed by atoms with Gasteiger partial charge in [0.05, 0.1) is 12.3 Å². The molecular weight excluding hydrogens is 270 g/mol. The molecule has 1 aromatic rings. The Bertz CT molecular complexity index is 353. The molecule has 1 heterocycles. The highest BCUT2D eigenvalue weighted by atomic mass is 79.9. The number of rotatable bonds is 6. The minimum Gasteiger partial charge on any atom is -0.466 e. The van der Waals surface area contributed by atoms with Crippen molar-refractivity contribution in [2.45, 2.75) is 25.1 Å². The Hall–Kier alpha value is -0.610. The molecule has 0 radical (unpaired) electrons. The number of alkyl halides is 1. The molecule has 0 spiro atoms. The quantitative estimate of drug-likeness (QED) is 0.457. The zero-order chi connectivity index (χ0) is 11.4. The lowest BCUT2D eigenvalue weighted by molar-refractivity contribution is 0.00934. The van der Waals surface area contributed by atoms with Gasteiger partial charge in [0.15, 0.2) is 6.79 Å². The van der Waals surface area contributed by atoms with Crippen LogP contribution in [0.2, 0.25) is 0 Å². The van der Waals surface area contributed by atoms with Gasteiger partial charge in [-0.25, -0.2) is 0 Å². The van der Waals surface area contributed by atoms with Crippen LogP contribution in [-0.4, -0.2) is 18.4 Å². The molecule has 0 amide bonds.